The van der Waals surface area contributed by atoms with Gasteiger partial charge in [0.1, 0.15) is 23.7 Å². The molecule has 1 fully saturated rings. The highest BCUT2D eigenvalue weighted by atomic mass is 32.2. The zero-order valence-corrected chi connectivity index (χ0v) is 13.9. The molecule has 1 aliphatic heterocycles. The summed E-state index contributed by atoms with van der Waals surface area (Å²) in [6.07, 6.45) is -0.125. The van der Waals surface area contributed by atoms with Gasteiger partial charge in [-0.2, -0.15) is 0 Å². The fraction of sp³-hybridized carbons (Fsp3) is 0.353. The molecule has 0 spiro atoms. The van der Waals surface area contributed by atoms with E-state index >= 15 is 0 Å². The minimum Gasteiger partial charge on any atom is -0.497 e. The summed E-state index contributed by atoms with van der Waals surface area (Å²) in [6, 6.07) is 9.34. The van der Waals surface area contributed by atoms with Crippen molar-refractivity contribution in [2.45, 2.75) is 23.7 Å². The summed E-state index contributed by atoms with van der Waals surface area (Å²) in [7, 11) is 1.61. The average Bonchev–Trinajstić information content (AvgIpc) is 2.63. The number of aliphatic hydroxyl groups excluding tert-OH is 3. The molecule has 7 heteroatoms. The van der Waals surface area contributed by atoms with E-state index in [1.807, 2.05) is 30.3 Å². The highest BCUT2D eigenvalue weighted by Crippen LogP contribution is 2.35. The molecule has 0 aliphatic carbocycles. The molecule has 0 bridgehead atoms. The van der Waals surface area contributed by atoms with Crippen molar-refractivity contribution >= 4 is 11.8 Å². The minimum atomic E-state index is -1.22. The van der Waals surface area contributed by atoms with E-state index in [9.17, 15) is 15.3 Å². The van der Waals surface area contributed by atoms with Gasteiger partial charge in [-0.3, -0.25) is 4.98 Å². The molecule has 3 N–H and O–H groups in total. The maximum absolute atomic E-state index is 10.1. The van der Waals surface area contributed by atoms with Crippen molar-refractivity contribution in [3.05, 3.63) is 42.7 Å². The molecular formula is C17H19NO5S. The van der Waals surface area contributed by atoms with E-state index in [4.69, 9.17) is 9.47 Å². The highest BCUT2D eigenvalue weighted by Gasteiger charge is 2.38. The first-order valence-electron chi connectivity index (χ1n) is 7.51. The molecule has 0 unspecified atom stereocenters. The minimum absolute atomic E-state index is 0.293. The lowest BCUT2D eigenvalue weighted by Crippen LogP contribution is -2.50. The van der Waals surface area contributed by atoms with E-state index in [2.05, 4.69) is 4.98 Å². The van der Waals surface area contributed by atoms with E-state index in [0.717, 1.165) is 16.9 Å². The molecule has 3 rings (SSSR count). The standard InChI is InChI=1S/C17H19NO5S/c1-22-11-4-2-10(3-5-11)12-6-7-18-8-14(12)23-17-16(21)15(20)13(19)9-24-17/h2-8,13,15-17,19-21H,9H2,1H3/t13-,15+,16-,17-/m1/s1. The Bertz CT molecular complexity index is 681. The second-order valence-corrected chi connectivity index (χ2v) is 6.60. The lowest BCUT2D eigenvalue weighted by Gasteiger charge is -2.34. The Morgan fingerprint density at radius 3 is 2.54 bits per heavy atom. The Balaban J connectivity index is 1.84. The second kappa shape index (κ2) is 7.40. The number of aliphatic hydroxyl groups is 3. The third-order valence-electron chi connectivity index (χ3n) is 3.88. The van der Waals surface area contributed by atoms with Gasteiger partial charge < -0.3 is 24.8 Å². The van der Waals surface area contributed by atoms with Crippen LogP contribution >= 0.6 is 11.8 Å². The summed E-state index contributed by atoms with van der Waals surface area (Å²) in [4.78, 5) is 4.08. The molecule has 0 radical (unpaired) electrons. The number of methoxy groups -OCH3 is 1. The van der Waals surface area contributed by atoms with Crippen LogP contribution in [0.4, 0.5) is 0 Å². The first kappa shape index (κ1) is 17.0. The van der Waals surface area contributed by atoms with Gasteiger partial charge in [-0.05, 0) is 23.8 Å². The van der Waals surface area contributed by atoms with Gasteiger partial charge in [0.15, 0.2) is 5.44 Å². The normalized spacial score (nSPS) is 26.8. The summed E-state index contributed by atoms with van der Waals surface area (Å²) >= 11 is 1.26. The van der Waals surface area contributed by atoms with Crippen LogP contribution in [-0.4, -0.2) is 56.9 Å². The van der Waals surface area contributed by atoms with E-state index in [0.29, 0.717) is 11.5 Å². The van der Waals surface area contributed by atoms with Gasteiger partial charge in [0.2, 0.25) is 0 Å². The maximum Gasteiger partial charge on any atom is 0.173 e. The molecule has 1 saturated heterocycles. The Morgan fingerprint density at radius 1 is 1.08 bits per heavy atom. The first-order chi connectivity index (χ1) is 11.6. The number of hydrogen-bond acceptors (Lipinski definition) is 7. The van der Waals surface area contributed by atoms with Gasteiger partial charge in [0, 0.05) is 17.5 Å². The average molecular weight is 349 g/mol. The van der Waals surface area contributed by atoms with Crippen molar-refractivity contribution in [1.82, 2.24) is 4.98 Å². The summed E-state index contributed by atoms with van der Waals surface area (Å²) < 4.78 is 11.0. The molecule has 4 atom stereocenters. The van der Waals surface area contributed by atoms with Gasteiger partial charge in [-0.25, -0.2) is 0 Å². The van der Waals surface area contributed by atoms with Crippen molar-refractivity contribution in [3.63, 3.8) is 0 Å². The van der Waals surface area contributed by atoms with E-state index in [1.165, 1.54) is 11.8 Å². The predicted octanol–water partition coefficient (Wildman–Crippen LogP) is 1.29. The molecule has 2 heterocycles. The van der Waals surface area contributed by atoms with Crippen molar-refractivity contribution in [2.24, 2.45) is 0 Å². The van der Waals surface area contributed by atoms with Crippen LogP contribution in [0.1, 0.15) is 0 Å². The summed E-state index contributed by atoms with van der Waals surface area (Å²) in [5.41, 5.74) is 1.06. The number of ether oxygens (including phenoxy) is 2. The third-order valence-corrected chi connectivity index (χ3v) is 5.12. The van der Waals surface area contributed by atoms with E-state index in [-0.39, 0.29) is 0 Å². The molecule has 2 aromatic rings. The van der Waals surface area contributed by atoms with Crippen molar-refractivity contribution in [1.29, 1.82) is 0 Å². The van der Waals surface area contributed by atoms with E-state index < -0.39 is 23.7 Å². The van der Waals surface area contributed by atoms with E-state index in [1.54, 1.807) is 19.5 Å². The van der Waals surface area contributed by atoms with Crippen LogP contribution in [0.2, 0.25) is 0 Å². The first-order valence-corrected chi connectivity index (χ1v) is 8.56. The fourth-order valence-electron chi connectivity index (χ4n) is 2.49. The van der Waals surface area contributed by atoms with Crippen molar-refractivity contribution in [2.75, 3.05) is 12.9 Å². The number of thioether (sulfide) groups is 1. The Morgan fingerprint density at radius 2 is 1.83 bits per heavy atom. The van der Waals surface area contributed by atoms with Gasteiger partial charge in [0.05, 0.1) is 19.4 Å². The number of pyridine rings is 1. The topological polar surface area (TPSA) is 92.0 Å². The molecule has 1 aromatic heterocycles. The van der Waals surface area contributed by atoms with Gasteiger partial charge in [0.25, 0.3) is 0 Å². The molecule has 0 saturated carbocycles. The zero-order chi connectivity index (χ0) is 17.1. The molecule has 1 aromatic carbocycles. The summed E-state index contributed by atoms with van der Waals surface area (Å²) in [5, 5.41) is 29.5. The molecule has 6 nitrogen and oxygen atoms in total. The molecule has 1 aliphatic rings. The van der Waals surface area contributed by atoms with Crippen LogP contribution in [0.15, 0.2) is 42.7 Å². The number of nitrogens with zero attached hydrogens (tertiary/aromatic N) is 1. The fourth-order valence-corrected chi connectivity index (χ4v) is 3.60. The number of benzene rings is 1. The highest BCUT2D eigenvalue weighted by molar-refractivity contribution is 7.99. The quantitative estimate of drug-likeness (QED) is 0.766. The Hall–Kier alpha value is -1.80. The van der Waals surface area contributed by atoms with Crippen molar-refractivity contribution < 1.29 is 24.8 Å². The van der Waals surface area contributed by atoms with Crippen LogP contribution in [0.25, 0.3) is 11.1 Å². The lowest BCUT2D eigenvalue weighted by molar-refractivity contribution is -0.0785. The van der Waals surface area contributed by atoms with Gasteiger partial charge in [-0.15, -0.1) is 11.8 Å². The molecule has 128 valence electrons. The second-order valence-electron chi connectivity index (χ2n) is 5.47. The smallest absolute Gasteiger partial charge is 0.173 e. The summed E-state index contributed by atoms with van der Waals surface area (Å²) in [5.74, 6) is 1.55. The third kappa shape index (κ3) is 3.49. The molecule has 0 amide bonds. The maximum atomic E-state index is 10.1. The monoisotopic (exact) mass is 349 g/mol. The van der Waals surface area contributed by atoms with Crippen LogP contribution in [-0.2, 0) is 0 Å². The van der Waals surface area contributed by atoms with Gasteiger partial charge in [-0.1, -0.05) is 12.1 Å². The molecular weight excluding hydrogens is 330 g/mol. The van der Waals surface area contributed by atoms with Crippen LogP contribution in [0, 0.1) is 0 Å². The Labute approximate surface area is 144 Å². The van der Waals surface area contributed by atoms with Crippen LogP contribution < -0.4 is 9.47 Å². The Kier molecular flexibility index (Phi) is 5.25. The van der Waals surface area contributed by atoms with Crippen LogP contribution in [0.5, 0.6) is 11.5 Å². The van der Waals surface area contributed by atoms with Crippen LogP contribution in [0.3, 0.4) is 0 Å². The number of rotatable bonds is 4. The number of hydrogen-bond donors (Lipinski definition) is 3. The SMILES string of the molecule is COc1ccc(-c2ccncc2O[C@@H]2SC[C@@H](O)[C@H](O)[C@H]2O)cc1. The largest absolute Gasteiger partial charge is 0.497 e. The van der Waals surface area contributed by atoms with Gasteiger partial charge >= 0.3 is 0 Å². The predicted molar refractivity (Wildman–Crippen MR) is 91.1 cm³/mol. The summed E-state index contributed by atoms with van der Waals surface area (Å²) in [6.45, 7) is 0. The lowest BCUT2D eigenvalue weighted by atomic mass is 10.1. The zero-order valence-electron chi connectivity index (χ0n) is 13.1. The molecule has 24 heavy (non-hydrogen) atoms. The number of aromatic nitrogens is 1. The van der Waals surface area contributed by atoms with Crippen molar-refractivity contribution in [3.8, 4) is 22.6 Å².